The number of piperidine rings is 1. The molecule has 2 aromatic carbocycles. The van der Waals surface area contributed by atoms with Gasteiger partial charge in [-0.05, 0) is 17.7 Å². The van der Waals surface area contributed by atoms with Crippen molar-refractivity contribution in [3.63, 3.8) is 0 Å². The van der Waals surface area contributed by atoms with Crippen LogP contribution in [0.25, 0.3) is 0 Å². The molecule has 4 rings (SSSR count). The molecule has 8 nitrogen and oxygen atoms in total. The predicted molar refractivity (Wildman–Crippen MR) is 130 cm³/mol. The van der Waals surface area contributed by atoms with Gasteiger partial charge in [0.05, 0.1) is 12.8 Å². The van der Waals surface area contributed by atoms with E-state index < -0.39 is 6.09 Å². The van der Waals surface area contributed by atoms with Crippen LogP contribution in [0.15, 0.2) is 59.8 Å². The smallest absolute Gasteiger partial charge is 0.407 e. The van der Waals surface area contributed by atoms with Crippen molar-refractivity contribution in [2.24, 2.45) is 5.16 Å². The lowest BCUT2D eigenvalue weighted by molar-refractivity contribution is -0.120. The molecule has 1 fully saturated rings. The third-order valence-corrected chi connectivity index (χ3v) is 6.03. The summed E-state index contributed by atoms with van der Waals surface area (Å²) in [5, 5.41) is 16.0. The first-order chi connectivity index (χ1) is 16.4. The normalized spacial score (nSPS) is 16.1. The van der Waals surface area contributed by atoms with Gasteiger partial charge in [0.1, 0.15) is 11.4 Å². The number of nitrogens with one attached hydrogen (secondary N) is 1. The van der Waals surface area contributed by atoms with Crippen molar-refractivity contribution < 1.29 is 24.3 Å². The monoisotopic (exact) mass is 487 g/mol. The summed E-state index contributed by atoms with van der Waals surface area (Å²) in [6.07, 6.45) is 1.59. The van der Waals surface area contributed by atoms with Gasteiger partial charge in [-0.1, -0.05) is 47.6 Å². The van der Waals surface area contributed by atoms with Crippen LogP contribution in [-0.2, 0) is 16.2 Å². The molecule has 0 atom stereocenters. The zero-order chi connectivity index (χ0) is 24.4. The Labute approximate surface area is 204 Å². The van der Waals surface area contributed by atoms with Crippen molar-refractivity contribution in [1.29, 1.82) is 0 Å². The van der Waals surface area contributed by atoms with Crippen LogP contribution in [0.4, 0.5) is 4.79 Å². The molecule has 2 amide bonds. The zero-order valence-corrected chi connectivity index (χ0v) is 20.0. The molecule has 0 bridgehead atoms. The minimum Gasteiger partial charge on any atom is -0.497 e. The molecule has 2 aliphatic rings. The summed E-state index contributed by atoms with van der Waals surface area (Å²) in [4.78, 5) is 29.1. The number of carbonyl (C=O) groups is 2. The van der Waals surface area contributed by atoms with Gasteiger partial charge in [0.25, 0.3) is 0 Å². The summed E-state index contributed by atoms with van der Waals surface area (Å²) >= 11 is 5.42. The number of nitrogens with zero attached hydrogens (tertiary/aromatic N) is 2. The Morgan fingerprint density at radius 1 is 1.18 bits per heavy atom. The molecular formula is C25H30ClN3O5. The van der Waals surface area contributed by atoms with Gasteiger partial charge in [-0.3, -0.25) is 4.79 Å². The number of amides is 2. The van der Waals surface area contributed by atoms with Crippen LogP contribution < -0.4 is 10.1 Å². The molecule has 182 valence electrons. The topological polar surface area (TPSA) is 100 Å². The number of halogens is 1. The predicted octanol–water partition coefficient (Wildman–Crippen LogP) is 4.26. The fourth-order valence-corrected chi connectivity index (χ4v) is 3.99. The number of oxime groups is 1. The molecule has 2 aromatic rings. The van der Waals surface area contributed by atoms with E-state index in [1.54, 1.807) is 7.11 Å². The third-order valence-electron chi connectivity index (χ3n) is 5.84. The number of likely N-dealkylation sites (tertiary alicyclic amines) is 1. The van der Waals surface area contributed by atoms with Gasteiger partial charge in [-0.2, -0.15) is 0 Å². The number of methoxy groups -OCH3 is 1. The summed E-state index contributed by atoms with van der Waals surface area (Å²) in [6, 6.07) is 17.5. The summed E-state index contributed by atoms with van der Waals surface area (Å²) in [5.74, 6) is 1.16. The van der Waals surface area contributed by atoms with Gasteiger partial charge in [0, 0.05) is 56.8 Å². The van der Waals surface area contributed by atoms with Crippen LogP contribution >= 0.6 is 11.6 Å². The number of hydrogen-bond donors (Lipinski definition) is 2. The second-order valence-corrected chi connectivity index (χ2v) is 8.57. The minimum absolute atomic E-state index is 0.00106. The second kappa shape index (κ2) is 12.3. The number of carbonyl (C=O) groups excluding carboxylic acids is 1. The Morgan fingerprint density at radius 3 is 2.56 bits per heavy atom. The van der Waals surface area contributed by atoms with Crippen LogP contribution in [0, 0.1) is 0 Å². The van der Waals surface area contributed by atoms with Gasteiger partial charge in [-0.15, -0.1) is 11.6 Å². The summed E-state index contributed by atoms with van der Waals surface area (Å²) in [5.41, 5.74) is 2.65. The summed E-state index contributed by atoms with van der Waals surface area (Å²) in [7, 11) is 1.63. The zero-order valence-electron chi connectivity index (χ0n) is 19.2. The highest BCUT2D eigenvalue weighted by atomic mass is 35.5. The Balaban J connectivity index is 0.000000215. The molecule has 0 aromatic heterocycles. The van der Waals surface area contributed by atoms with Crippen LogP contribution in [0.3, 0.4) is 0 Å². The lowest BCUT2D eigenvalue weighted by atomic mass is 9.85. The standard InChI is InChI=1S/C15H18N2O4.C10H12ClNO/c1-20-12-4-2-3-11(9-12)13-10-15(21-16-13)5-7-17(8-6-15)14(18)19;11-7-6-10(13)12-8-9-4-2-1-3-5-9/h2-4,9H,5-8,10H2,1H3,(H,18,19);1-5H,6-8H2,(H,12,13). The molecule has 0 unspecified atom stereocenters. The van der Waals surface area contributed by atoms with E-state index in [0.29, 0.717) is 51.2 Å². The van der Waals surface area contributed by atoms with E-state index >= 15 is 0 Å². The summed E-state index contributed by atoms with van der Waals surface area (Å²) < 4.78 is 5.22. The maximum atomic E-state index is 11.0. The van der Waals surface area contributed by atoms with E-state index in [4.69, 9.17) is 26.3 Å². The Morgan fingerprint density at radius 2 is 1.91 bits per heavy atom. The number of rotatable bonds is 6. The van der Waals surface area contributed by atoms with E-state index in [9.17, 15) is 9.59 Å². The van der Waals surface area contributed by atoms with Crippen LogP contribution in [0.5, 0.6) is 5.75 Å². The number of hydrogen-bond acceptors (Lipinski definition) is 5. The first kappa shape index (κ1) is 25.4. The average molecular weight is 488 g/mol. The fourth-order valence-electron chi connectivity index (χ4n) is 3.82. The molecule has 2 heterocycles. The average Bonchev–Trinajstić information content (AvgIpc) is 3.28. The van der Waals surface area contributed by atoms with E-state index in [1.165, 1.54) is 4.90 Å². The number of benzene rings is 2. The molecular weight excluding hydrogens is 458 g/mol. The van der Waals surface area contributed by atoms with Crippen LogP contribution in [0.2, 0.25) is 0 Å². The molecule has 9 heteroatoms. The molecule has 1 saturated heterocycles. The Hall–Kier alpha value is -3.26. The van der Waals surface area contributed by atoms with E-state index in [1.807, 2.05) is 54.6 Å². The number of ether oxygens (including phenoxy) is 1. The van der Waals surface area contributed by atoms with Gasteiger partial charge < -0.3 is 24.9 Å². The summed E-state index contributed by atoms with van der Waals surface area (Å²) in [6.45, 7) is 1.57. The quantitative estimate of drug-likeness (QED) is 0.593. The first-order valence-corrected chi connectivity index (χ1v) is 11.7. The molecule has 2 N–H and O–H groups in total. The molecule has 34 heavy (non-hydrogen) atoms. The van der Waals surface area contributed by atoms with Crippen molar-refractivity contribution >= 4 is 29.3 Å². The maximum absolute atomic E-state index is 11.0. The lowest BCUT2D eigenvalue weighted by Gasteiger charge is -2.35. The highest BCUT2D eigenvalue weighted by Crippen LogP contribution is 2.36. The van der Waals surface area contributed by atoms with Crippen molar-refractivity contribution in [2.45, 2.75) is 37.8 Å². The van der Waals surface area contributed by atoms with Gasteiger partial charge in [0.15, 0.2) is 0 Å². The van der Waals surface area contributed by atoms with Crippen molar-refractivity contribution in [3.05, 3.63) is 65.7 Å². The molecule has 0 radical (unpaired) electrons. The van der Waals surface area contributed by atoms with Crippen molar-refractivity contribution in [2.75, 3.05) is 26.1 Å². The molecule has 0 aliphatic carbocycles. The van der Waals surface area contributed by atoms with Gasteiger partial charge in [0.2, 0.25) is 5.91 Å². The van der Waals surface area contributed by atoms with Crippen LogP contribution in [-0.4, -0.2) is 59.4 Å². The Bertz CT molecular complexity index is 991. The third kappa shape index (κ3) is 7.12. The highest BCUT2D eigenvalue weighted by Gasteiger charge is 2.43. The number of carboxylic acid groups (broad SMARTS) is 1. The lowest BCUT2D eigenvalue weighted by Crippen LogP contribution is -2.46. The molecule has 0 saturated carbocycles. The maximum Gasteiger partial charge on any atom is 0.407 e. The fraction of sp³-hybridized carbons (Fsp3) is 0.400. The largest absolute Gasteiger partial charge is 0.497 e. The van der Waals surface area contributed by atoms with E-state index in [-0.39, 0.29) is 11.5 Å². The Kier molecular flexibility index (Phi) is 9.16. The highest BCUT2D eigenvalue weighted by molar-refractivity contribution is 6.18. The first-order valence-electron chi connectivity index (χ1n) is 11.2. The number of alkyl halides is 1. The second-order valence-electron chi connectivity index (χ2n) is 8.19. The molecule has 2 aliphatic heterocycles. The van der Waals surface area contributed by atoms with Crippen molar-refractivity contribution in [1.82, 2.24) is 10.2 Å². The molecule has 1 spiro atoms. The van der Waals surface area contributed by atoms with Gasteiger partial charge >= 0.3 is 6.09 Å². The van der Waals surface area contributed by atoms with E-state index in [0.717, 1.165) is 22.6 Å². The van der Waals surface area contributed by atoms with E-state index in [2.05, 4.69) is 10.5 Å². The van der Waals surface area contributed by atoms with Crippen LogP contribution in [0.1, 0.15) is 36.8 Å². The minimum atomic E-state index is -0.864. The van der Waals surface area contributed by atoms with Gasteiger partial charge in [-0.25, -0.2) is 4.79 Å². The SMILES string of the molecule is COc1cccc(C2=NOC3(CCN(C(=O)O)CC3)C2)c1.O=C(CCCl)NCc1ccccc1. The van der Waals surface area contributed by atoms with Crippen molar-refractivity contribution in [3.8, 4) is 5.75 Å².